The zero-order valence-electron chi connectivity index (χ0n) is 16.1. The van der Waals surface area contributed by atoms with Crippen LogP contribution >= 0.6 is 12.4 Å². The Labute approximate surface area is 148 Å². The molecule has 0 aromatic carbocycles. The molecular formula is C16H35ClN2O4. The number of hydrogen-bond acceptors (Lipinski definition) is 5. The molecule has 0 saturated carbocycles. The summed E-state index contributed by atoms with van der Waals surface area (Å²) in [5.41, 5.74) is 0.627. The van der Waals surface area contributed by atoms with E-state index in [1.807, 2.05) is 52.1 Å². The van der Waals surface area contributed by atoms with Gasteiger partial charge in [0.15, 0.2) is 0 Å². The van der Waals surface area contributed by atoms with Gasteiger partial charge in [0, 0.05) is 11.1 Å². The van der Waals surface area contributed by atoms with Gasteiger partial charge in [-0.3, -0.25) is 0 Å². The summed E-state index contributed by atoms with van der Waals surface area (Å²) < 4.78 is 4.56. The summed E-state index contributed by atoms with van der Waals surface area (Å²) in [6, 6.07) is 0. The van der Waals surface area contributed by atoms with Gasteiger partial charge in [0.2, 0.25) is 0 Å². The molecule has 0 rings (SSSR count). The van der Waals surface area contributed by atoms with Crippen LogP contribution in [-0.4, -0.2) is 75.7 Å². The Kier molecular flexibility index (Phi) is 33.1. The average Bonchev–Trinajstić information content (AvgIpc) is 2.28. The summed E-state index contributed by atoms with van der Waals surface area (Å²) in [6.45, 7) is 11.8. The topological polar surface area (TPSA) is 70.1 Å². The molecule has 0 radical (unpaired) electrons. The van der Waals surface area contributed by atoms with Crippen LogP contribution in [0.2, 0.25) is 0 Å². The standard InChI is InChI=1S/C6H10O2.C4H6O2.2C3H9N.ClH/c1-4-8-6(7)5(2)3;1-3(2)4(5)6;2*1-4(2)3;/h2,4H2,1,3H3;1H2,2H3,(H,5,6);2*1-3H3;1H. The predicted molar refractivity (Wildman–Crippen MR) is 100 cm³/mol. The first-order chi connectivity index (χ1) is 9.79. The molecule has 0 fully saturated rings. The number of esters is 1. The molecule has 6 nitrogen and oxygen atoms in total. The van der Waals surface area contributed by atoms with E-state index in [0.29, 0.717) is 12.2 Å². The van der Waals surface area contributed by atoms with Crippen LogP contribution in [0.3, 0.4) is 0 Å². The molecule has 0 unspecified atom stereocenters. The van der Waals surface area contributed by atoms with Crippen molar-refractivity contribution in [3.05, 3.63) is 24.3 Å². The molecule has 140 valence electrons. The number of rotatable bonds is 3. The summed E-state index contributed by atoms with van der Waals surface area (Å²) in [5, 5.41) is 7.89. The van der Waals surface area contributed by atoms with Crippen molar-refractivity contribution in [1.29, 1.82) is 0 Å². The number of halogens is 1. The lowest BCUT2D eigenvalue weighted by molar-refractivity contribution is -0.138. The molecule has 0 heterocycles. The first-order valence-corrected chi connectivity index (χ1v) is 6.72. The maximum atomic E-state index is 10.4. The highest BCUT2D eigenvalue weighted by molar-refractivity contribution is 5.86. The monoisotopic (exact) mass is 354 g/mol. The SMILES string of the molecule is C=C(C)C(=O)O.C=C(C)C(=O)OCC.CN(C)C.CN(C)C.Cl. The molecular weight excluding hydrogens is 320 g/mol. The first-order valence-electron chi connectivity index (χ1n) is 6.72. The third-order valence-electron chi connectivity index (χ3n) is 0.989. The van der Waals surface area contributed by atoms with Gasteiger partial charge in [-0.15, -0.1) is 12.4 Å². The Bertz CT molecular complexity index is 307. The van der Waals surface area contributed by atoms with Crippen LogP contribution in [0.1, 0.15) is 20.8 Å². The normalized spacial score (nSPS) is 7.96. The molecule has 0 aromatic rings. The lowest BCUT2D eigenvalue weighted by Gasteiger charge is -1.96. The molecule has 7 heteroatoms. The van der Waals surface area contributed by atoms with E-state index in [-0.39, 0.29) is 23.9 Å². The predicted octanol–water partition coefficient (Wildman–Crippen LogP) is 2.55. The van der Waals surface area contributed by atoms with E-state index < -0.39 is 5.97 Å². The van der Waals surface area contributed by atoms with Gasteiger partial charge >= 0.3 is 11.9 Å². The first kappa shape index (κ1) is 33.3. The van der Waals surface area contributed by atoms with E-state index in [9.17, 15) is 9.59 Å². The number of carboxylic acids is 1. The van der Waals surface area contributed by atoms with Crippen molar-refractivity contribution in [3.8, 4) is 0 Å². The van der Waals surface area contributed by atoms with Crippen molar-refractivity contribution >= 4 is 24.3 Å². The number of aliphatic carboxylic acids is 1. The summed E-state index contributed by atoms with van der Waals surface area (Å²) in [6.07, 6.45) is 0. The lowest BCUT2D eigenvalue weighted by Crippen LogP contribution is -2.03. The van der Waals surface area contributed by atoms with Gasteiger partial charge in [-0.1, -0.05) is 13.2 Å². The Morgan fingerprint density at radius 2 is 1.13 bits per heavy atom. The highest BCUT2D eigenvalue weighted by Crippen LogP contribution is 1.89. The fourth-order valence-corrected chi connectivity index (χ4v) is 0.254. The zero-order valence-corrected chi connectivity index (χ0v) is 16.9. The minimum Gasteiger partial charge on any atom is -0.478 e. The molecule has 0 spiro atoms. The van der Waals surface area contributed by atoms with Gasteiger partial charge in [0.1, 0.15) is 0 Å². The maximum absolute atomic E-state index is 10.4. The Hall–Kier alpha value is -1.37. The fraction of sp³-hybridized carbons (Fsp3) is 0.625. The van der Waals surface area contributed by atoms with E-state index >= 15 is 0 Å². The summed E-state index contributed by atoms with van der Waals surface area (Å²) in [4.78, 5) is 24.0. The van der Waals surface area contributed by atoms with Crippen LogP contribution in [0, 0.1) is 0 Å². The van der Waals surface area contributed by atoms with Crippen molar-refractivity contribution in [1.82, 2.24) is 9.80 Å². The number of carbonyl (C=O) groups is 2. The Morgan fingerprint density at radius 3 is 1.17 bits per heavy atom. The quantitative estimate of drug-likeness (QED) is 0.620. The molecule has 0 aromatic heterocycles. The van der Waals surface area contributed by atoms with Crippen LogP contribution in [0.25, 0.3) is 0 Å². The summed E-state index contributed by atoms with van der Waals surface area (Å²) in [5.74, 6) is -1.25. The fourth-order valence-electron chi connectivity index (χ4n) is 0.254. The van der Waals surface area contributed by atoms with E-state index in [0.717, 1.165) is 0 Å². The largest absolute Gasteiger partial charge is 0.478 e. The number of hydrogen-bond donors (Lipinski definition) is 1. The third kappa shape index (κ3) is 77.2. The van der Waals surface area contributed by atoms with Gasteiger partial charge < -0.3 is 19.6 Å². The molecule has 0 atom stereocenters. The second-order valence-electron chi connectivity index (χ2n) is 5.27. The van der Waals surface area contributed by atoms with Crippen LogP contribution in [0.5, 0.6) is 0 Å². The molecule has 0 saturated heterocycles. The molecule has 0 aliphatic carbocycles. The number of carbonyl (C=O) groups excluding carboxylic acids is 1. The zero-order chi connectivity index (χ0) is 18.9. The number of nitrogens with zero attached hydrogens (tertiary/aromatic N) is 2. The van der Waals surface area contributed by atoms with Crippen molar-refractivity contribution in [2.45, 2.75) is 20.8 Å². The number of ether oxygens (including phenoxy) is 1. The maximum Gasteiger partial charge on any atom is 0.333 e. The highest BCUT2D eigenvalue weighted by atomic mass is 35.5. The van der Waals surface area contributed by atoms with Crippen molar-refractivity contribution in [2.24, 2.45) is 0 Å². The van der Waals surface area contributed by atoms with E-state index in [4.69, 9.17) is 5.11 Å². The van der Waals surface area contributed by atoms with Gasteiger partial charge in [-0.25, -0.2) is 9.59 Å². The minimum absolute atomic E-state index is 0. The Morgan fingerprint density at radius 1 is 0.913 bits per heavy atom. The lowest BCUT2D eigenvalue weighted by atomic mass is 10.4. The Balaban J connectivity index is -0.0000000646. The summed E-state index contributed by atoms with van der Waals surface area (Å²) >= 11 is 0. The molecule has 0 aliphatic heterocycles. The van der Waals surface area contributed by atoms with Gasteiger partial charge in [0.25, 0.3) is 0 Å². The van der Waals surface area contributed by atoms with Crippen LogP contribution in [-0.2, 0) is 14.3 Å². The van der Waals surface area contributed by atoms with Crippen molar-refractivity contribution in [3.63, 3.8) is 0 Å². The van der Waals surface area contributed by atoms with Crippen LogP contribution in [0.15, 0.2) is 24.3 Å². The second kappa shape index (κ2) is 22.9. The van der Waals surface area contributed by atoms with E-state index in [1.54, 1.807) is 13.8 Å². The van der Waals surface area contributed by atoms with Gasteiger partial charge in [-0.05, 0) is 63.1 Å². The van der Waals surface area contributed by atoms with E-state index in [1.165, 1.54) is 6.92 Å². The van der Waals surface area contributed by atoms with Crippen LogP contribution in [0.4, 0.5) is 0 Å². The van der Waals surface area contributed by atoms with Gasteiger partial charge in [-0.2, -0.15) is 0 Å². The van der Waals surface area contributed by atoms with Gasteiger partial charge in [0.05, 0.1) is 6.61 Å². The number of carboxylic acid groups (broad SMARTS) is 1. The van der Waals surface area contributed by atoms with Crippen molar-refractivity contribution < 1.29 is 19.4 Å². The minimum atomic E-state index is -0.935. The molecule has 0 bridgehead atoms. The average molecular weight is 355 g/mol. The molecule has 0 amide bonds. The molecule has 23 heavy (non-hydrogen) atoms. The highest BCUT2D eigenvalue weighted by Gasteiger charge is 1.98. The molecule has 1 N–H and O–H groups in total. The smallest absolute Gasteiger partial charge is 0.333 e. The second-order valence-corrected chi connectivity index (χ2v) is 5.27. The summed E-state index contributed by atoms with van der Waals surface area (Å²) in [7, 11) is 12.0. The van der Waals surface area contributed by atoms with Crippen molar-refractivity contribution in [2.75, 3.05) is 48.9 Å². The molecule has 0 aliphatic rings. The van der Waals surface area contributed by atoms with Crippen LogP contribution < -0.4 is 0 Å². The van der Waals surface area contributed by atoms with E-state index in [2.05, 4.69) is 17.9 Å². The third-order valence-corrected chi connectivity index (χ3v) is 0.989.